The van der Waals surface area contributed by atoms with Gasteiger partial charge in [0.15, 0.2) is 0 Å². The Hall–Kier alpha value is -3.49. The minimum atomic E-state index is -1.82. The minimum Gasteiger partial charge on any atom is -0.473 e. The summed E-state index contributed by atoms with van der Waals surface area (Å²) in [6.07, 6.45) is 3.14. The lowest BCUT2D eigenvalue weighted by Crippen LogP contribution is -2.47. The van der Waals surface area contributed by atoms with Crippen molar-refractivity contribution in [3.63, 3.8) is 0 Å². The number of carbonyl (C=O) groups is 3. The molecule has 1 aliphatic heterocycles. The Kier molecular flexibility index (Phi) is 10.0. The van der Waals surface area contributed by atoms with Crippen LogP contribution < -0.4 is 0 Å². The van der Waals surface area contributed by atoms with Gasteiger partial charge in [-0.3, -0.25) is 9.69 Å². The lowest BCUT2D eigenvalue weighted by Gasteiger charge is -2.38. The normalized spacial score (nSPS) is 13.7. The summed E-state index contributed by atoms with van der Waals surface area (Å²) in [7, 11) is 0. The molecule has 1 saturated heterocycles. The van der Waals surface area contributed by atoms with E-state index >= 15 is 0 Å². The molecular formula is C27H30N2O5S. The summed E-state index contributed by atoms with van der Waals surface area (Å²) in [4.78, 5) is 36.4. The van der Waals surface area contributed by atoms with E-state index in [0.717, 1.165) is 50.3 Å². The molecule has 1 amide bonds. The molecule has 2 heterocycles. The van der Waals surface area contributed by atoms with Crippen LogP contribution in [0.15, 0.2) is 78.2 Å². The molecular weight excluding hydrogens is 464 g/mol. The van der Waals surface area contributed by atoms with Crippen LogP contribution in [-0.4, -0.2) is 63.5 Å². The van der Waals surface area contributed by atoms with E-state index in [1.54, 1.807) is 0 Å². The van der Waals surface area contributed by atoms with E-state index in [-0.39, 0.29) is 5.91 Å². The van der Waals surface area contributed by atoms with Crippen LogP contribution in [0.3, 0.4) is 0 Å². The first kappa shape index (κ1) is 26.1. The molecule has 0 radical (unpaired) electrons. The summed E-state index contributed by atoms with van der Waals surface area (Å²) >= 11 is 1.54. The molecule has 3 aromatic rings. The predicted octanol–water partition coefficient (Wildman–Crippen LogP) is 4.25. The van der Waals surface area contributed by atoms with E-state index < -0.39 is 11.9 Å². The summed E-state index contributed by atoms with van der Waals surface area (Å²) < 4.78 is 0. The van der Waals surface area contributed by atoms with E-state index in [4.69, 9.17) is 19.8 Å². The molecule has 0 aliphatic carbocycles. The van der Waals surface area contributed by atoms with Gasteiger partial charge >= 0.3 is 11.9 Å². The molecule has 8 heteroatoms. The van der Waals surface area contributed by atoms with Crippen LogP contribution in [0.4, 0.5) is 0 Å². The van der Waals surface area contributed by atoms with Gasteiger partial charge in [0.1, 0.15) is 0 Å². The predicted molar refractivity (Wildman–Crippen MR) is 136 cm³/mol. The Morgan fingerprint density at radius 1 is 0.829 bits per heavy atom. The number of hydrogen-bond acceptors (Lipinski definition) is 5. The highest BCUT2D eigenvalue weighted by atomic mass is 32.1. The van der Waals surface area contributed by atoms with E-state index in [9.17, 15) is 4.79 Å². The highest BCUT2D eigenvalue weighted by Gasteiger charge is 2.27. The topological polar surface area (TPSA) is 98.1 Å². The summed E-state index contributed by atoms with van der Waals surface area (Å²) in [5, 5.41) is 16.8. The number of carboxylic acid groups (broad SMARTS) is 2. The molecule has 0 saturated carbocycles. The van der Waals surface area contributed by atoms with Crippen molar-refractivity contribution in [1.29, 1.82) is 0 Å². The summed E-state index contributed by atoms with van der Waals surface area (Å²) in [6.45, 7) is 3.70. The van der Waals surface area contributed by atoms with Crippen molar-refractivity contribution in [1.82, 2.24) is 9.80 Å². The fourth-order valence-corrected chi connectivity index (χ4v) is 4.81. The average Bonchev–Trinajstić information content (AvgIpc) is 3.43. The molecule has 1 aromatic heterocycles. The average molecular weight is 495 g/mol. The number of carbonyl (C=O) groups excluding carboxylic acids is 1. The summed E-state index contributed by atoms with van der Waals surface area (Å²) in [6, 6.07) is 25.9. The van der Waals surface area contributed by atoms with Gasteiger partial charge in [0.25, 0.3) is 5.91 Å². The number of nitrogens with zero attached hydrogens (tertiary/aromatic N) is 2. The zero-order valence-electron chi connectivity index (χ0n) is 19.5. The van der Waals surface area contributed by atoms with Gasteiger partial charge in [0.05, 0.1) is 4.88 Å². The molecule has 0 spiro atoms. The lowest BCUT2D eigenvalue weighted by atomic mass is 10.0. The number of aliphatic carboxylic acids is 2. The van der Waals surface area contributed by atoms with Gasteiger partial charge in [-0.1, -0.05) is 66.7 Å². The van der Waals surface area contributed by atoms with Crippen molar-refractivity contribution < 1.29 is 24.6 Å². The number of likely N-dealkylation sites (tertiary alicyclic amines) is 1. The standard InChI is InChI=1S/C25H28N2OS.C2H2O4/c28-25(24-12-7-19-29-24)26-17-14-23(15-18-26)27(20-22-10-5-2-6-11-22)16-13-21-8-3-1-4-9-21;3-1(4)2(5)6/h1-12,19,23H,13-18,20H2;(H,3,4)(H,5,6). The quantitative estimate of drug-likeness (QED) is 0.477. The molecule has 1 aliphatic rings. The van der Waals surface area contributed by atoms with Gasteiger partial charge < -0.3 is 15.1 Å². The van der Waals surface area contributed by atoms with Crippen molar-refractivity contribution in [3.05, 3.63) is 94.2 Å². The zero-order chi connectivity index (χ0) is 25.0. The zero-order valence-corrected chi connectivity index (χ0v) is 20.3. The smallest absolute Gasteiger partial charge is 0.414 e. The van der Waals surface area contributed by atoms with Crippen LogP contribution >= 0.6 is 11.3 Å². The first-order valence-corrected chi connectivity index (χ1v) is 12.4. The second-order valence-electron chi connectivity index (χ2n) is 8.30. The van der Waals surface area contributed by atoms with Gasteiger partial charge in [-0.15, -0.1) is 11.3 Å². The molecule has 7 nitrogen and oxygen atoms in total. The maximum atomic E-state index is 12.7. The monoisotopic (exact) mass is 494 g/mol. The van der Waals surface area contributed by atoms with Crippen molar-refractivity contribution in [2.45, 2.75) is 31.8 Å². The van der Waals surface area contributed by atoms with Crippen LogP contribution in [0.25, 0.3) is 0 Å². The van der Waals surface area contributed by atoms with Crippen LogP contribution in [0, 0.1) is 0 Å². The second kappa shape index (κ2) is 13.4. The highest BCUT2D eigenvalue weighted by Crippen LogP contribution is 2.22. The fraction of sp³-hybridized carbons (Fsp3) is 0.296. The molecule has 184 valence electrons. The van der Waals surface area contributed by atoms with Gasteiger partial charge in [-0.05, 0) is 41.8 Å². The van der Waals surface area contributed by atoms with Gasteiger partial charge in [0.2, 0.25) is 0 Å². The number of benzene rings is 2. The molecule has 0 atom stereocenters. The number of carboxylic acids is 2. The Balaban J connectivity index is 0.000000509. The first-order valence-electron chi connectivity index (χ1n) is 11.5. The second-order valence-corrected chi connectivity index (χ2v) is 9.25. The molecule has 35 heavy (non-hydrogen) atoms. The molecule has 4 rings (SSSR count). The first-order chi connectivity index (χ1) is 16.9. The van der Waals surface area contributed by atoms with E-state index in [1.807, 2.05) is 22.4 Å². The van der Waals surface area contributed by atoms with Crippen molar-refractivity contribution in [2.75, 3.05) is 19.6 Å². The highest BCUT2D eigenvalue weighted by molar-refractivity contribution is 7.12. The largest absolute Gasteiger partial charge is 0.473 e. The van der Waals surface area contributed by atoms with Crippen LogP contribution in [0.2, 0.25) is 0 Å². The Bertz CT molecular complexity index is 1050. The van der Waals surface area contributed by atoms with Gasteiger partial charge in [0, 0.05) is 32.2 Å². The van der Waals surface area contributed by atoms with Crippen molar-refractivity contribution in [3.8, 4) is 0 Å². The van der Waals surface area contributed by atoms with E-state index in [0.29, 0.717) is 6.04 Å². The van der Waals surface area contributed by atoms with Crippen LogP contribution in [0.1, 0.15) is 33.6 Å². The van der Waals surface area contributed by atoms with Crippen LogP contribution in [0.5, 0.6) is 0 Å². The van der Waals surface area contributed by atoms with E-state index in [2.05, 4.69) is 65.6 Å². The van der Waals surface area contributed by atoms with E-state index in [1.165, 1.54) is 22.5 Å². The Labute approximate surface area is 209 Å². The van der Waals surface area contributed by atoms with Gasteiger partial charge in [-0.2, -0.15) is 0 Å². The Morgan fingerprint density at radius 3 is 1.91 bits per heavy atom. The molecule has 0 unspecified atom stereocenters. The summed E-state index contributed by atoms with van der Waals surface area (Å²) in [5.74, 6) is -3.46. The third kappa shape index (κ3) is 8.35. The maximum absolute atomic E-state index is 12.7. The SMILES string of the molecule is O=C(O)C(=O)O.O=C(c1cccs1)N1CCC(N(CCc2ccccc2)Cc2ccccc2)CC1. The molecule has 2 aromatic carbocycles. The van der Waals surface area contributed by atoms with Crippen molar-refractivity contribution in [2.24, 2.45) is 0 Å². The van der Waals surface area contributed by atoms with Crippen LogP contribution in [-0.2, 0) is 22.6 Å². The third-order valence-electron chi connectivity index (χ3n) is 5.94. The Morgan fingerprint density at radius 2 is 1.40 bits per heavy atom. The molecule has 0 bridgehead atoms. The number of piperidine rings is 1. The maximum Gasteiger partial charge on any atom is 0.414 e. The number of rotatable bonds is 7. The van der Waals surface area contributed by atoms with Crippen molar-refractivity contribution >= 4 is 29.2 Å². The molecule has 1 fully saturated rings. The van der Waals surface area contributed by atoms with Gasteiger partial charge in [-0.25, -0.2) is 9.59 Å². The number of thiophene rings is 1. The fourth-order valence-electron chi connectivity index (χ4n) is 4.12. The lowest BCUT2D eigenvalue weighted by molar-refractivity contribution is -0.159. The number of amides is 1. The number of hydrogen-bond donors (Lipinski definition) is 2. The minimum absolute atomic E-state index is 0.192. The summed E-state index contributed by atoms with van der Waals surface area (Å²) in [5.41, 5.74) is 2.74. The third-order valence-corrected chi connectivity index (χ3v) is 6.80. The molecule has 2 N–H and O–H groups in total.